The number of rotatable bonds is 4. The predicted molar refractivity (Wildman–Crippen MR) is 200 cm³/mol. The monoisotopic (exact) mass is 655 g/mol. The summed E-state index contributed by atoms with van der Waals surface area (Å²) in [6.45, 7) is 0. The Kier molecular flexibility index (Phi) is 9.36. The third-order valence-electron chi connectivity index (χ3n) is 18.4. The lowest BCUT2D eigenvalue weighted by Crippen LogP contribution is -2.54. The Hall–Kier alpha value is -0.340. The molecule has 8 aliphatic carbocycles. The second kappa shape index (κ2) is 13.9. The molecule has 2 nitrogen and oxygen atoms in total. The highest BCUT2D eigenvalue weighted by Gasteiger charge is 2.64. The van der Waals surface area contributed by atoms with Crippen LogP contribution >= 0.6 is 0 Å². The van der Waals surface area contributed by atoms with E-state index in [0.717, 1.165) is 89.5 Å². The Morgan fingerprint density at radius 2 is 0.917 bits per heavy atom. The van der Waals surface area contributed by atoms with E-state index in [1.807, 2.05) is 5.57 Å². The van der Waals surface area contributed by atoms with E-state index in [-0.39, 0.29) is 0 Å². The minimum absolute atomic E-state index is 0.875. The normalized spacial score (nSPS) is 49.3. The van der Waals surface area contributed by atoms with Crippen LogP contribution in [0.3, 0.4) is 0 Å². The summed E-state index contributed by atoms with van der Waals surface area (Å²) in [5, 5.41) is 0. The topological polar surface area (TPSA) is 6.48 Å². The zero-order valence-corrected chi connectivity index (χ0v) is 31.1. The fourth-order valence-corrected chi connectivity index (χ4v) is 16.8. The third kappa shape index (κ3) is 5.68. The summed E-state index contributed by atoms with van der Waals surface area (Å²) < 4.78 is 0. The number of nitrogens with zero attached hydrogens (tertiary/aromatic N) is 2. The van der Waals surface area contributed by atoms with Crippen molar-refractivity contribution in [3.05, 3.63) is 11.6 Å². The number of likely N-dealkylation sites (tertiary alicyclic amines) is 2. The molecule has 12 atom stereocenters. The second-order valence-electron chi connectivity index (χ2n) is 20.3. The van der Waals surface area contributed by atoms with Crippen LogP contribution in [0, 0.1) is 53.3 Å². The van der Waals surface area contributed by atoms with Crippen LogP contribution < -0.4 is 0 Å². The molecule has 2 heterocycles. The number of fused-ring (bicyclic) bond motifs is 8. The molecule has 2 saturated heterocycles. The zero-order valence-electron chi connectivity index (χ0n) is 31.1. The van der Waals surface area contributed by atoms with Gasteiger partial charge in [-0.1, -0.05) is 108 Å². The van der Waals surface area contributed by atoms with Gasteiger partial charge in [-0.3, -0.25) is 9.80 Å². The molecule has 0 aromatic carbocycles. The summed E-state index contributed by atoms with van der Waals surface area (Å²) >= 11 is 0. The SMILES string of the molecule is C1=C2CCCCC2CC(N2C3CCCCC3C3C4C5CCCCC5N(C5CC(C6CCCCC6)CC(C6CCCCC6)C5)C4CCC32)C1. The highest BCUT2D eigenvalue weighted by Crippen LogP contribution is 2.62. The van der Waals surface area contributed by atoms with Gasteiger partial charge < -0.3 is 0 Å². The maximum atomic E-state index is 3.47. The van der Waals surface area contributed by atoms with Gasteiger partial charge in [-0.25, -0.2) is 0 Å². The van der Waals surface area contributed by atoms with Gasteiger partial charge in [-0.05, 0) is 143 Å². The summed E-state index contributed by atoms with van der Waals surface area (Å²) in [6.07, 6.45) is 47.5. The van der Waals surface area contributed by atoms with Crippen molar-refractivity contribution < 1.29 is 0 Å². The Labute approximate surface area is 296 Å². The van der Waals surface area contributed by atoms with Crippen molar-refractivity contribution in [3.63, 3.8) is 0 Å². The van der Waals surface area contributed by atoms with E-state index in [1.54, 1.807) is 122 Å². The highest BCUT2D eigenvalue weighted by atomic mass is 15.3. The summed E-state index contributed by atoms with van der Waals surface area (Å²) in [4.78, 5) is 6.82. The van der Waals surface area contributed by atoms with Gasteiger partial charge >= 0.3 is 0 Å². The van der Waals surface area contributed by atoms with Gasteiger partial charge in [0.25, 0.3) is 0 Å². The first-order valence-electron chi connectivity index (χ1n) is 23.1. The molecule has 0 radical (unpaired) electrons. The lowest BCUT2D eigenvalue weighted by atomic mass is 9.61. The molecule has 0 aromatic heterocycles. The first-order valence-corrected chi connectivity index (χ1v) is 23.1. The molecule has 0 N–H and O–H groups in total. The lowest BCUT2D eigenvalue weighted by Gasteiger charge is -2.51. The van der Waals surface area contributed by atoms with E-state index >= 15 is 0 Å². The van der Waals surface area contributed by atoms with Crippen molar-refractivity contribution in [2.45, 2.75) is 222 Å². The summed E-state index contributed by atoms with van der Waals surface area (Å²) in [5.74, 6) is 9.36. The van der Waals surface area contributed by atoms with Crippen LogP contribution in [0.1, 0.15) is 186 Å². The van der Waals surface area contributed by atoms with Crippen molar-refractivity contribution in [2.75, 3.05) is 0 Å². The lowest BCUT2D eigenvalue weighted by molar-refractivity contribution is -0.0107. The smallest absolute Gasteiger partial charge is 0.0142 e. The molecule has 10 aliphatic rings. The van der Waals surface area contributed by atoms with Crippen LogP contribution in [0.4, 0.5) is 0 Å². The van der Waals surface area contributed by atoms with Crippen molar-refractivity contribution in [1.29, 1.82) is 0 Å². The van der Waals surface area contributed by atoms with Gasteiger partial charge in [-0.15, -0.1) is 0 Å². The van der Waals surface area contributed by atoms with Crippen molar-refractivity contribution in [1.82, 2.24) is 9.80 Å². The third-order valence-corrected chi connectivity index (χ3v) is 18.4. The number of allylic oxidation sites excluding steroid dienone is 1. The van der Waals surface area contributed by atoms with Gasteiger partial charge in [0.2, 0.25) is 0 Å². The predicted octanol–water partition coefficient (Wildman–Crippen LogP) is 11.7. The fraction of sp³-hybridized carbons (Fsp3) is 0.957. The Bertz CT molecular complexity index is 1100. The average Bonchev–Trinajstić information content (AvgIpc) is 3.68. The van der Waals surface area contributed by atoms with Crippen molar-refractivity contribution in [3.8, 4) is 0 Å². The second-order valence-corrected chi connectivity index (χ2v) is 20.3. The van der Waals surface area contributed by atoms with Crippen LogP contribution in [0.2, 0.25) is 0 Å². The standard InChI is InChI=1S/C46H74N2/c1-3-13-31(14-4-1)35-27-36(32-15-5-2-6-16-32)30-38(29-35)48-42-22-12-10-20-40(42)46-44(48)26-25-43-45(46)39-19-9-11-21-41(39)47(43)37-24-23-33-17-7-8-18-34(33)28-37/h23,31-32,34-46H,1-22,24-30H2. The Morgan fingerprint density at radius 3 is 1.52 bits per heavy atom. The summed E-state index contributed by atoms with van der Waals surface area (Å²) in [7, 11) is 0. The van der Waals surface area contributed by atoms with Gasteiger partial charge in [0, 0.05) is 36.3 Å². The maximum absolute atomic E-state index is 3.47. The molecule has 0 amide bonds. The highest BCUT2D eigenvalue weighted by molar-refractivity contribution is 5.20. The first-order chi connectivity index (χ1) is 23.8. The summed E-state index contributed by atoms with van der Waals surface area (Å²) in [5.41, 5.74) is 1.89. The molecule has 12 unspecified atom stereocenters. The fourth-order valence-electron chi connectivity index (χ4n) is 16.8. The van der Waals surface area contributed by atoms with E-state index in [9.17, 15) is 0 Å². The molecule has 0 bridgehead atoms. The molecule has 9 fully saturated rings. The molecule has 2 aliphatic heterocycles. The summed E-state index contributed by atoms with van der Waals surface area (Å²) in [6, 6.07) is 5.57. The van der Waals surface area contributed by atoms with E-state index in [2.05, 4.69) is 15.9 Å². The number of hydrogen-bond acceptors (Lipinski definition) is 2. The van der Waals surface area contributed by atoms with E-state index in [4.69, 9.17) is 0 Å². The van der Waals surface area contributed by atoms with Crippen LogP contribution in [-0.2, 0) is 0 Å². The number of hydrogen-bond donors (Lipinski definition) is 0. The molecule has 7 saturated carbocycles. The molecular weight excluding hydrogens is 581 g/mol. The molecule has 2 heteroatoms. The van der Waals surface area contributed by atoms with Gasteiger partial charge in [0.15, 0.2) is 0 Å². The van der Waals surface area contributed by atoms with Crippen molar-refractivity contribution in [2.24, 2.45) is 53.3 Å². The van der Waals surface area contributed by atoms with Crippen LogP contribution in [-0.4, -0.2) is 46.1 Å². The van der Waals surface area contributed by atoms with E-state index < -0.39 is 0 Å². The van der Waals surface area contributed by atoms with E-state index in [1.165, 1.54) is 64.2 Å². The average molecular weight is 655 g/mol. The first kappa shape index (κ1) is 32.3. The quantitative estimate of drug-likeness (QED) is 0.278. The molecule has 48 heavy (non-hydrogen) atoms. The van der Waals surface area contributed by atoms with Gasteiger partial charge in [0.1, 0.15) is 0 Å². The minimum Gasteiger partial charge on any atom is -0.294 e. The molecular formula is C46H74N2. The molecule has 10 rings (SSSR count). The largest absolute Gasteiger partial charge is 0.294 e. The molecule has 0 aromatic rings. The Balaban J connectivity index is 0.955. The van der Waals surface area contributed by atoms with E-state index in [0.29, 0.717) is 0 Å². The maximum Gasteiger partial charge on any atom is 0.0142 e. The van der Waals surface area contributed by atoms with Crippen LogP contribution in [0.25, 0.3) is 0 Å². The van der Waals surface area contributed by atoms with Gasteiger partial charge in [0.05, 0.1) is 0 Å². The molecule has 268 valence electrons. The van der Waals surface area contributed by atoms with Crippen molar-refractivity contribution >= 4 is 0 Å². The van der Waals surface area contributed by atoms with Gasteiger partial charge in [-0.2, -0.15) is 0 Å². The van der Waals surface area contributed by atoms with Crippen LogP contribution in [0.5, 0.6) is 0 Å². The minimum atomic E-state index is 0.875. The Morgan fingerprint density at radius 1 is 0.396 bits per heavy atom. The zero-order chi connectivity index (χ0) is 31.6. The van der Waals surface area contributed by atoms with Crippen LogP contribution in [0.15, 0.2) is 11.6 Å². The molecule has 0 spiro atoms.